The highest BCUT2D eigenvalue weighted by atomic mass is 32.2. The summed E-state index contributed by atoms with van der Waals surface area (Å²) in [7, 11) is 0. The lowest BCUT2D eigenvalue weighted by Gasteiger charge is -2.15. The van der Waals surface area contributed by atoms with Gasteiger partial charge in [0.2, 0.25) is 0 Å². The van der Waals surface area contributed by atoms with Crippen molar-refractivity contribution in [3.05, 3.63) is 35.4 Å². The molecule has 0 fully saturated rings. The second kappa shape index (κ2) is 8.97. The van der Waals surface area contributed by atoms with Gasteiger partial charge in [0.05, 0.1) is 6.61 Å². The SMILES string of the molecule is CCCOC(=O)C(CC)SCc1ccccc1C(N)=S. The zero-order valence-electron chi connectivity index (χ0n) is 11.9. The molecule has 1 aromatic rings. The fourth-order valence-electron chi connectivity index (χ4n) is 1.73. The summed E-state index contributed by atoms with van der Waals surface area (Å²) in [6.45, 7) is 4.46. The molecule has 3 nitrogen and oxygen atoms in total. The number of hydrogen-bond acceptors (Lipinski definition) is 4. The summed E-state index contributed by atoms with van der Waals surface area (Å²) in [5.74, 6) is 0.569. The quantitative estimate of drug-likeness (QED) is 0.590. The van der Waals surface area contributed by atoms with Gasteiger partial charge in [-0.05, 0) is 18.4 Å². The van der Waals surface area contributed by atoms with E-state index in [2.05, 4.69) is 0 Å². The first-order valence-corrected chi connectivity index (χ1v) is 8.21. The van der Waals surface area contributed by atoms with Gasteiger partial charge in [0, 0.05) is 11.3 Å². The molecule has 0 spiro atoms. The summed E-state index contributed by atoms with van der Waals surface area (Å²) in [5.41, 5.74) is 7.65. The van der Waals surface area contributed by atoms with Gasteiger partial charge in [-0.3, -0.25) is 4.79 Å². The van der Waals surface area contributed by atoms with Crippen LogP contribution in [-0.4, -0.2) is 22.8 Å². The van der Waals surface area contributed by atoms with Crippen LogP contribution in [0.2, 0.25) is 0 Å². The van der Waals surface area contributed by atoms with Crippen LogP contribution in [0.4, 0.5) is 0 Å². The molecule has 0 saturated carbocycles. The van der Waals surface area contributed by atoms with Crippen molar-refractivity contribution in [3.8, 4) is 0 Å². The normalized spacial score (nSPS) is 11.9. The van der Waals surface area contributed by atoms with Crippen molar-refractivity contribution in [2.24, 2.45) is 5.73 Å². The topological polar surface area (TPSA) is 52.3 Å². The van der Waals surface area contributed by atoms with E-state index >= 15 is 0 Å². The van der Waals surface area contributed by atoms with Gasteiger partial charge in [0.25, 0.3) is 0 Å². The molecular weight excluding hydrogens is 290 g/mol. The summed E-state index contributed by atoms with van der Waals surface area (Å²) < 4.78 is 5.20. The minimum atomic E-state index is -0.138. The van der Waals surface area contributed by atoms with E-state index in [1.165, 1.54) is 0 Å². The van der Waals surface area contributed by atoms with E-state index in [9.17, 15) is 4.79 Å². The fraction of sp³-hybridized carbons (Fsp3) is 0.467. The standard InChI is InChI=1S/C15H21NO2S2/c1-3-9-18-15(17)13(4-2)20-10-11-7-5-6-8-12(11)14(16)19/h5-8,13H,3-4,9-10H2,1-2H3,(H2,16,19). The van der Waals surface area contributed by atoms with Gasteiger partial charge in [0.15, 0.2) is 0 Å². The number of hydrogen-bond donors (Lipinski definition) is 1. The molecule has 0 aliphatic carbocycles. The van der Waals surface area contributed by atoms with Crippen LogP contribution in [0.5, 0.6) is 0 Å². The van der Waals surface area contributed by atoms with E-state index in [4.69, 9.17) is 22.7 Å². The van der Waals surface area contributed by atoms with Crippen molar-refractivity contribution < 1.29 is 9.53 Å². The molecule has 1 aromatic carbocycles. The highest BCUT2D eigenvalue weighted by molar-refractivity contribution is 7.99. The molecule has 0 radical (unpaired) electrons. The molecule has 2 N–H and O–H groups in total. The van der Waals surface area contributed by atoms with Gasteiger partial charge in [-0.2, -0.15) is 0 Å². The predicted octanol–water partition coefficient (Wildman–Crippen LogP) is 3.29. The smallest absolute Gasteiger partial charge is 0.319 e. The average molecular weight is 311 g/mol. The molecule has 1 rings (SSSR count). The molecule has 1 atom stereocenters. The second-order valence-corrected chi connectivity index (χ2v) is 6.03. The van der Waals surface area contributed by atoms with E-state index in [1.54, 1.807) is 11.8 Å². The maximum atomic E-state index is 11.9. The molecule has 0 amide bonds. The molecule has 0 heterocycles. The first-order chi connectivity index (χ1) is 9.60. The van der Waals surface area contributed by atoms with Crippen LogP contribution in [0.1, 0.15) is 37.8 Å². The third-order valence-electron chi connectivity index (χ3n) is 2.80. The van der Waals surface area contributed by atoms with Crippen LogP contribution in [-0.2, 0) is 15.3 Å². The molecule has 1 unspecified atom stereocenters. The van der Waals surface area contributed by atoms with Crippen molar-refractivity contribution in [2.75, 3.05) is 6.61 Å². The van der Waals surface area contributed by atoms with Crippen molar-refractivity contribution in [1.29, 1.82) is 0 Å². The Bertz CT molecular complexity index is 463. The number of carbonyl (C=O) groups excluding carboxylic acids is 1. The third-order valence-corrected chi connectivity index (χ3v) is 4.43. The number of carbonyl (C=O) groups is 1. The van der Waals surface area contributed by atoms with Gasteiger partial charge in [-0.25, -0.2) is 0 Å². The first kappa shape index (κ1) is 17.0. The first-order valence-electron chi connectivity index (χ1n) is 6.76. The molecule has 20 heavy (non-hydrogen) atoms. The Balaban J connectivity index is 2.65. The molecule has 0 bridgehead atoms. The maximum Gasteiger partial charge on any atom is 0.319 e. The minimum absolute atomic E-state index is 0.132. The number of nitrogens with two attached hydrogens (primary N) is 1. The predicted molar refractivity (Wildman–Crippen MR) is 89.0 cm³/mol. The van der Waals surface area contributed by atoms with E-state index in [0.717, 1.165) is 24.0 Å². The lowest BCUT2D eigenvalue weighted by atomic mass is 10.1. The number of thiocarbonyl (C=S) groups is 1. The summed E-state index contributed by atoms with van der Waals surface area (Å²) in [6, 6.07) is 7.77. The summed E-state index contributed by atoms with van der Waals surface area (Å²) >= 11 is 6.62. The largest absolute Gasteiger partial charge is 0.465 e. The number of esters is 1. The highest BCUT2D eigenvalue weighted by Crippen LogP contribution is 2.23. The molecular formula is C15H21NO2S2. The minimum Gasteiger partial charge on any atom is -0.465 e. The van der Waals surface area contributed by atoms with Gasteiger partial charge >= 0.3 is 5.97 Å². The fourth-order valence-corrected chi connectivity index (χ4v) is 3.00. The van der Waals surface area contributed by atoms with Gasteiger partial charge in [-0.1, -0.05) is 50.3 Å². The van der Waals surface area contributed by atoms with Crippen molar-refractivity contribution in [2.45, 2.75) is 37.7 Å². The van der Waals surface area contributed by atoms with Gasteiger partial charge < -0.3 is 10.5 Å². The van der Waals surface area contributed by atoms with Crippen LogP contribution in [0.15, 0.2) is 24.3 Å². The highest BCUT2D eigenvalue weighted by Gasteiger charge is 2.19. The van der Waals surface area contributed by atoms with Crippen LogP contribution >= 0.6 is 24.0 Å². The van der Waals surface area contributed by atoms with E-state index in [0.29, 0.717) is 17.3 Å². The third kappa shape index (κ3) is 5.13. The Morgan fingerprint density at radius 3 is 2.70 bits per heavy atom. The van der Waals surface area contributed by atoms with Crippen molar-refractivity contribution >= 4 is 34.9 Å². The average Bonchev–Trinajstić information content (AvgIpc) is 2.45. The summed E-state index contributed by atoms with van der Waals surface area (Å²) in [4.78, 5) is 12.3. The Morgan fingerprint density at radius 2 is 2.10 bits per heavy atom. The van der Waals surface area contributed by atoms with Crippen LogP contribution in [0.25, 0.3) is 0 Å². The molecule has 0 saturated heterocycles. The number of benzene rings is 1. The zero-order valence-corrected chi connectivity index (χ0v) is 13.6. The Labute approximate surface area is 130 Å². The molecule has 0 aliphatic rings. The molecule has 5 heteroatoms. The molecule has 0 aliphatic heterocycles. The van der Waals surface area contributed by atoms with Gasteiger partial charge in [0.1, 0.15) is 10.2 Å². The van der Waals surface area contributed by atoms with Crippen LogP contribution < -0.4 is 5.73 Å². The maximum absolute atomic E-state index is 11.9. The van der Waals surface area contributed by atoms with E-state index in [-0.39, 0.29) is 11.2 Å². The molecule has 0 aromatic heterocycles. The summed E-state index contributed by atoms with van der Waals surface area (Å²) in [6.07, 6.45) is 1.60. The van der Waals surface area contributed by atoms with Crippen LogP contribution in [0, 0.1) is 0 Å². The number of rotatable bonds is 8. The summed E-state index contributed by atoms with van der Waals surface area (Å²) in [5, 5.41) is -0.138. The lowest BCUT2D eigenvalue weighted by molar-refractivity contribution is -0.143. The number of ether oxygens (including phenoxy) is 1. The molecule has 110 valence electrons. The monoisotopic (exact) mass is 311 g/mol. The van der Waals surface area contributed by atoms with Crippen LogP contribution in [0.3, 0.4) is 0 Å². The van der Waals surface area contributed by atoms with E-state index in [1.807, 2.05) is 38.1 Å². The Morgan fingerprint density at radius 1 is 1.40 bits per heavy atom. The second-order valence-electron chi connectivity index (χ2n) is 4.40. The Kier molecular flexibility index (Phi) is 7.62. The lowest BCUT2D eigenvalue weighted by Crippen LogP contribution is -2.20. The van der Waals surface area contributed by atoms with E-state index < -0.39 is 0 Å². The zero-order chi connectivity index (χ0) is 15.0. The van der Waals surface area contributed by atoms with Crippen molar-refractivity contribution in [3.63, 3.8) is 0 Å². The Hall–Kier alpha value is -1.07. The van der Waals surface area contributed by atoms with Gasteiger partial charge in [-0.15, -0.1) is 11.8 Å². The number of thioether (sulfide) groups is 1. The van der Waals surface area contributed by atoms with Crippen molar-refractivity contribution in [1.82, 2.24) is 0 Å².